The second-order valence-electron chi connectivity index (χ2n) is 9.70. The van der Waals surface area contributed by atoms with Crippen molar-refractivity contribution in [1.29, 1.82) is 0 Å². The second kappa shape index (κ2) is 12.4. The summed E-state index contributed by atoms with van der Waals surface area (Å²) in [6.45, 7) is 10.2. The average Bonchev–Trinajstić information content (AvgIpc) is 3.21. The van der Waals surface area contributed by atoms with Crippen LogP contribution in [0, 0.1) is 27.7 Å². The highest BCUT2D eigenvalue weighted by molar-refractivity contribution is 5.77. The number of ether oxygens (including phenoxy) is 2. The number of hydrogen-bond acceptors (Lipinski definition) is 4. The van der Waals surface area contributed by atoms with Crippen LogP contribution in [0.4, 0.5) is 0 Å². The number of carbonyl (C=O) groups is 1. The zero-order chi connectivity index (χ0) is 26.2. The summed E-state index contributed by atoms with van der Waals surface area (Å²) in [5, 5.41) is 2.97. The largest absolute Gasteiger partial charge is 0.494 e. The summed E-state index contributed by atoms with van der Waals surface area (Å²) in [4.78, 5) is 17.2. The van der Waals surface area contributed by atoms with Crippen LogP contribution in [0.15, 0.2) is 60.7 Å². The molecule has 0 saturated carbocycles. The first-order chi connectivity index (χ1) is 17.9. The molecule has 0 fully saturated rings. The molecule has 4 aromatic rings. The van der Waals surface area contributed by atoms with Crippen LogP contribution in [0.1, 0.15) is 40.9 Å². The van der Waals surface area contributed by atoms with E-state index in [1.807, 2.05) is 50.2 Å². The van der Waals surface area contributed by atoms with Gasteiger partial charge >= 0.3 is 0 Å². The molecule has 0 aliphatic rings. The summed E-state index contributed by atoms with van der Waals surface area (Å²) in [6.07, 6.45) is 2.47. The lowest BCUT2D eigenvalue weighted by Crippen LogP contribution is -2.30. The molecule has 0 atom stereocenters. The zero-order valence-corrected chi connectivity index (χ0v) is 22.3. The van der Waals surface area contributed by atoms with Crippen LogP contribution in [0.3, 0.4) is 0 Å². The van der Waals surface area contributed by atoms with Crippen LogP contribution in [0.25, 0.3) is 11.0 Å². The summed E-state index contributed by atoms with van der Waals surface area (Å²) < 4.78 is 14.0. The Hall–Kier alpha value is -3.80. The predicted octanol–water partition coefficient (Wildman–Crippen LogP) is 5.87. The molecule has 0 unspecified atom stereocenters. The molecule has 0 aliphatic carbocycles. The molecule has 3 aromatic carbocycles. The number of fused-ring (bicyclic) bond motifs is 1. The van der Waals surface area contributed by atoms with Gasteiger partial charge in [0.25, 0.3) is 5.91 Å². The number of rotatable bonds is 12. The Bertz CT molecular complexity index is 1340. The Morgan fingerprint density at radius 1 is 0.892 bits per heavy atom. The van der Waals surface area contributed by atoms with Crippen molar-refractivity contribution in [2.24, 2.45) is 0 Å². The third-order valence-corrected chi connectivity index (χ3v) is 6.33. The molecule has 1 aromatic heterocycles. The SMILES string of the molecule is Cc1cc(C)cc(OCCCn2c(CCCNC(=O)COc3cc(C)ccc3C)nc3ccccc32)c1. The molecule has 194 valence electrons. The number of para-hydroxylation sites is 2. The van der Waals surface area contributed by atoms with Gasteiger partial charge in [-0.3, -0.25) is 4.79 Å². The van der Waals surface area contributed by atoms with Gasteiger partial charge in [-0.25, -0.2) is 4.98 Å². The van der Waals surface area contributed by atoms with Gasteiger partial charge in [-0.1, -0.05) is 30.3 Å². The molecule has 1 N–H and O–H groups in total. The Morgan fingerprint density at radius 3 is 2.49 bits per heavy atom. The van der Waals surface area contributed by atoms with E-state index in [1.54, 1.807) is 0 Å². The van der Waals surface area contributed by atoms with E-state index in [0.29, 0.717) is 13.2 Å². The molecule has 0 saturated heterocycles. The second-order valence-corrected chi connectivity index (χ2v) is 9.70. The van der Waals surface area contributed by atoms with Gasteiger partial charge in [0.15, 0.2) is 6.61 Å². The number of aryl methyl sites for hydroxylation is 6. The highest BCUT2D eigenvalue weighted by atomic mass is 16.5. The molecule has 6 heteroatoms. The summed E-state index contributed by atoms with van der Waals surface area (Å²) in [7, 11) is 0. The normalized spacial score (nSPS) is 11.0. The third-order valence-electron chi connectivity index (χ3n) is 6.33. The van der Waals surface area contributed by atoms with E-state index in [4.69, 9.17) is 14.5 Å². The summed E-state index contributed by atoms with van der Waals surface area (Å²) in [5.41, 5.74) is 6.69. The molecule has 0 spiro atoms. The van der Waals surface area contributed by atoms with E-state index >= 15 is 0 Å². The van der Waals surface area contributed by atoms with Crippen molar-refractivity contribution in [3.8, 4) is 11.5 Å². The fourth-order valence-electron chi connectivity index (χ4n) is 4.53. The van der Waals surface area contributed by atoms with Crippen molar-refractivity contribution in [2.75, 3.05) is 19.8 Å². The predicted molar refractivity (Wildman–Crippen MR) is 149 cm³/mol. The first-order valence-corrected chi connectivity index (χ1v) is 13.0. The quantitative estimate of drug-likeness (QED) is 0.248. The Balaban J connectivity index is 1.27. The van der Waals surface area contributed by atoms with Crippen molar-refractivity contribution in [1.82, 2.24) is 14.9 Å². The van der Waals surface area contributed by atoms with Crippen LogP contribution in [-0.2, 0) is 17.8 Å². The maximum Gasteiger partial charge on any atom is 0.257 e. The van der Waals surface area contributed by atoms with Gasteiger partial charge in [0.2, 0.25) is 0 Å². The van der Waals surface area contributed by atoms with E-state index in [1.165, 1.54) is 11.1 Å². The van der Waals surface area contributed by atoms with Crippen LogP contribution < -0.4 is 14.8 Å². The number of nitrogens with one attached hydrogen (secondary N) is 1. The number of carbonyl (C=O) groups excluding carboxylic acids is 1. The van der Waals surface area contributed by atoms with E-state index in [0.717, 1.165) is 65.3 Å². The van der Waals surface area contributed by atoms with Crippen molar-refractivity contribution >= 4 is 16.9 Å². The van der Waals surface area contributed by atoms with Gasteiger partial charge in [-0.15, -0.1) is 0 Å². The minimum absolute atomic E-state index is 0.0171. The number of imidazole rings is 1. The standard InChI is InChI=1S/C31H37N3O3/c1-22-12-13-25(4)29(20-22)37-21-31(35)32-14-7-11-30-33-27-9-5-6-10-28(27)34(30)15-8-16-36-26-18-23(2)17-24(3)19-26/h5-6,9-10,12-13,17-20H,7-8,11,14-16,21H2,1-4H3,(H,32,35). The number of hydrogen-bond donors (Lipinski definition) is 1. The lowest BCUT2D eigenvalue weighted by Gasteiger charge is -2.12. The number of benzene rings is 3. The van der Waals surface area contributed by atoms with E-state index < -0.39 is 0 Å². The Kier molecular flexibility index (Phi) is 8.83. The summed E-state index contributed by atoms with van der Waals surface area (Å²) in [6, 6.07) is 20.5. The van der Waals surface area contributed by atoms with Crippen molar-refractivity contribution in [2.45, 2.75) is 53.5 Å². The minimum atomic E-state index is -0.113. The van der Waals surface area contributed by atoms with Crippen LogP contribution in [0.2, 0.25) is 0 Å². The van der Waals surface area contributed by atoms with Crippen LogP contribution in [0.5, 0.6) is 11.5 Å². The lowest BCUT2D eigenvalue weighted by molar-refractivity contribution is -0.123. The minimum Gasteiger partial charge on any atom is -0.494 e. The smallest absolute Gasteiger partial charge is 0.257 e. The topological polar surface area (TPSA) is 65.4 Å². The zero-order valence-electron chi connectivity index (χ0n) is 22.3. The van der Waals surface area contributed by atoms with E-state index in [9.17, 15) is 4.79 Å². The van der Waals surface area contributed by atoms with Gasteiger partial charge < -0.3 is 19.4 Å². The molecule has 0 bridgehead atoms. The van der Waals surface area contributed by atoms with E-state index in [-0.39, 0.29) is 12.5 Å². The maximum absolute atomic E-state index is 12.3. The van der Waals surface area contributed by atoms with Crippen molar-refractivity contribution in [3.63, 3.8) is 0 Å². The molecule has 0 radical (unpaired) electrons. The maximum atomic E-state index is 12.3. The first kappa shape index (κ1) is 26.3. The molecule has 4 rings (SSSR count). The molecule has 37 heavy (non-hydrogen) atoms. The molecule has 1 amide bonds. The summed E-state index contributed by atoms with van der Waals surface area (Å²) >= 11 is 0. The molecular formula is C31H37N3O3. The monoisotopic (exact) mass is 499 g/mol. The lowest BCUT2D eigenvalue weighted by atomic mass is 10.1. The van der Waals surface area contributed by atoms with Gasteiger partial charge in [-0.2, -0.15) is 0 Å². The third kappa shape index (κ3) is 7.35. The number of nitrogens with zero attached hydrogens (tertiary/aromatic N) is 2. The van der Waals surface area contributed by atoms with Crippen LogP contribution in [-0.4, -0.2) is 35.2 Å². The van der Waals surface area contributed by atoms with E-state index in [2.05, 4.69) is 48.0 Å². The average molecular weight is 500 g/mol. The van der Waals surface area contributed by atoms with Gasteiger partial charge in [-0.05, 0) is 93.1 Å². The number of aromatic nitrogens is 2. The molecule has 0 aliphatic heterocycles. The Morgan fingerprint density at radius 2 is 1.68 bits per heavy atom. The van der Waals surface area contributed by atoms with Crippen molar-refractivity contribution < 1.29 is 14.3 Å². The van der Waals surface area contributed by atoms with Gasteiger partial charge in [0, 0.05) is 19.5 Å². The number of amides is 1. The Labute approximate surface area is 219 Å². The molecule has 1 heterocycles. The fraction of sp³-hybridized carbons (Fsp3) is 0.355. The first-order valence-electron chi connectivity index (χ1n) is 13.0. The summed E-state index contributed by atoms with van der Waals surface area (Å²) in [5.74, 6) is 2.60. The van der Waals surface area contributed by atoms with Crippen molar-refractivity contribution in [3.05, 3.63) is 88.7 Å². The van der Waals surface area contributed by atoms with Gasteiger partial charge in [0.05, 0.1) is 17.6 Å². The molecule has 6 nitrogen and oxygen atoms in total. The molecular weight excluding hydrogens is 462 g/mol. The highest BCUT2D eigenvalue weighted by Gasteiger charge is 2.11. The van der Waals surface area contributed by atoms with Gasteiger partial charge in [0.1, 0.15) is 17.3 Å². The van der Waals surface area contributed by atoms with Crippen LogP contribution >= 0.6 is 0 Å². The fourth-order valence-corrected chi connectivity index (χ4v) is 4.53. The highest BCUT2D eigenvalue weighted by Crippen LogP contribution is 2.20.